The van der Waals surface area contributed by atoms with Gasteiger partial charge >= 0.3 is 0 Å². The molecule has 4 rings (SSSR count). The number of fused-ring (bicyclic) bond motifs is 1. The van der Waals surface area contributed by atoms with Crippen molar-refractivity contribution in [2.45, 2.75) is 25.3 Å². The van der Waals surface area contributed by atoms with Crippen LogP contribution in [0, 0.1) is 0 Å². The molecule has 2 amide bonds. The minimum atomic E-state index is -0.641. The van der Waals surface area contributed by atoms with Gasteiger partial charge in [0.05, 0.1) is 0 Å². The Morgan fingerprint density at radius 2 is 1.56 bits per heavy atom. The number of aryl methyl sites for hydroxylation is 1. The number of likely N-dealkylation sites (N-methyl/N-ethyl adjacent to an activating group) is 1. The Labute approximate surface area is 188 Å². The summed E-state index contributed by atoms with van der Waals surface area (Å²) in [7, 11) is 1.74. The average molecular weight is 426 g/mol. The average Bonchev–Trinajstić information content (AvgIpc) is 3.26. The molecule has 0 aliphatic heterocycles. The lowest BCUT2D eigenvalue weighted by molar-refractivity contribution is -0.127. The summed E-state index contributed by atoms with van der Waals surface area (Å²) in [5.41, 5.74) is 3.96. The van der Waals surface area contributed by atoms with E-state index in [0.717, 1.165) is 27.7 Å². The van der Waals surface area contributed by atoms with Crippen molar-refractivity contribution in [3.63, 3.8) is 0 Å². The molecule has 0 fully saturated rings. The molecule has 0 saturated carbocycles. The fourth-order valence-corrected chi connectivity index (χ4v) is 3.92. The summed E-state index contributed by atoms with van der Waals surface area (Å²) in [4.78, 5) is 31.0. The fraction of sp³-hybridized carbons (Fsp3) is 0.185. The molecule has 0 spiro atoms. The molecule has 0 bridgehead atoms. The Bertz CT molecular complexity index is 1190. The van der Waals surface area contributed by atoms with Gasteiger partial charge in [-0.25, -0.2) is 0 Å². The van der Waals surface area contributed by atoms with Crippen LogP contribution in [0.3, 0.4) is 0 Å². The highest BCUT2D eigenvalue weighted by molar-refractivity contribution is 5.99. The lowest BCUT2D eigenvalue weighted by Gasteiger charge is -2.25. The van der Waals surface area contributed by atoms with Crippen molar-refractivity contribution in [2.24, 2.45) is 0 Å². The molecule has 1 aromatic heterocycles. The number of hydrogen-bond donors (Lipinski definition) is 2. The molecular weight excluding hydrogens is 398 g/mol. The molecule has 1 heterocycles. The van der Waals surface area contributed by atoms with Crippen LogP contribution in [0.15, 0.2) is 91.1 Å². The molecule has 0 aliphatic rings. The SMILES string of the molecule is CN(C(=O)[C@H](Cc1ccccc1)NC(=O)CCc1c[nH]c2ccccc12)c1ccccc1. The molecule has 2 N–H and O–H groups in total. The van der Waals surface area contributed by atoms with Gasteiger partial charge in [-0.05, 0) is 35.7 Å². The summed E-state index contributed by atoms with van der Waals surface area (Å²) >= 11 is 0. The highest BCUT2D eigenvalue weighted by Crippen LogP contribution is 2.19. The maximum atomic E-state index is 13.3. The lowest BCUT2D eigenvalue weighted by Crippen LogP contribution is -2.48. The van der Waals surface area contributed by atoms with Crippen LogP contribution in [-0.4, -0.2) is 29.9 Å². The number of amides is 2. The van der Waals surface area contributed by atoms with E-state index in [9.17, 15) is 9.59 Å². The van der Waals surface area contributed by atoms with Crippen molar-refractivity contribution in [1.82, 2.24) is 10.3 Å². The zero-order valence-electron chi connectivity index (χ0n) is 18.1. The second-order valence-corrected chi connectivity index (χ2v) is 7.90. The van der Waals surface area contributed by atoms with E-state index in [1.807, 2.05) is 85.1 Å². The minimum absolute atomic E-state index is 0.133. The second-order valence-electron chi connectivity index (χ2n) is 7.90. The third-order valence-electron chi connectivity index (χ3n) is 5.69. The smallest absolute Gasteiger partial charge is 0.249 e. The topological polar surface area (TPSA) is 65.2 Å². The summed E-state index contributed by atoms with van der Waals surface area (Å²) in [5, 5.41) is 4.11. The summed E-state index contributed by atoms with van der Waals surface area (Å²) in [6.45, 7) is 0. The number of rotatable bonds is 8. The van der Waals surface area contributed by atoms with E-state index < -0.39 is 6.04 Å². The Balaban J connectivity index is 1.46. The van der Waals surface area contributed by atoms with Crippen LogP contribution in [-0.2, 0) is 22.4 Å². The third-order valence-corrected chi connectivity index (χ3v) is 5.69. The molecule has 5 heteroatoms. The van der Waals surface area contributed by atoms with Gasteiger partial charge in [-0.1, -0.05) is 66.7 Å². The Hall–Kier alpha value is -3.86. The van der Waals surface area contributed by atoms with Crippen molar-refractivity contribution in [1.29, 1.82) is 0 Å². The van der Waals surface area contributed by atoms with Gasteiger partial charge in [0.15, 0.2) is 0 Å². The molecule has 0 aliphatic carbocycles. The standard InChI is InChI=1S/C27H27N3O2/c1-30(22-12-6-3-7-13-22)27(32)25(18-20-10-4-2-5-11-20)29-26(31)17-16-21-19-28-24-15-9-8-14-23(21)24/h2-15,19,25,28H,16-18H2,1H3,(H,29,31)/t25-/m0/s1. The van der Waals surface area contributed by atoms with Crippen LogP contribution in [0.1, 0.15) is 17.5 Å². The molecule has 0 radical (unpaired) electrons. The molecule has 1 atom stereocenters. The van der Waals surface area contributed by atoms with Crippen molar-refractivity contribution < 1.29 is 9.59 Å². The zero-order valence-corrected chi connectivity index (χ0v) is 18.1. The minimum Gasteiger partial charge on any atom is -0.361 e. The van der Waals surface area contributed by atoms with E-state index in [1.165, 1.54) is 0 Å². The number of H-pyrrole nitrogens is 1. The zero-order chi connectivity index (χ0) is 22.3. The van der Waals surface area contributed by atoms with Gasteiger partial charge in [0.25, 0.3) is 0 Å². The van der Waals surface area contributed by atoms with E-state index >= 15 is 0 Å². The van der Waals surface area contributed by atoms with Crippen molar-refractivity contribution in [3.05, 3.63) is 102 Å². The summed E-state index contributed by atoms with van der Waals surface area (Å²) in [6.07, 6.45) is 3.31. The highest BCUT2D eigenvalue weighted by atomic mass is 16.2. The fourth-order valence-electron chi connectivity index (χ4n) is 3.92. The maximum absolute atomic E-state index is 13.3. The van der Waals surface area contributed by atoms with Gasteiger partial charge in [-0.3, -0.25) is 9.59 Å². The molecule has 3 aromatic carbocycles. The third kappa shape index (κ3) is 5.06. The van der Waals surface area contributed by atoms with Crippen LogP contribution in [0.5, 0.6) is 0 Å². The molecule has 0 saturated heterocycles. The van der Waals surface area contributed by atoms with Crippen LogP contribution < -0.4 is 10.2 Å². The number of para-hydroxylation sites is 2. The number of carbonyl (C=O) groups is 2. The number of nitrogens with zero attached hydrogens (tertiary/aromatic N) is 1. The van der Waals surface area contributed by atoms with E-state index in [4.69, 9.17) is 0 Å². The lowest BCUT2D eigenvalue weighted by atomic mass is 10.0. The van der Waals surface area contributed by atoms with E-state index in [-0.39, 0.29) is 11.8 Å². The number of benzene rings is 3. The second kappa shape index (κ2) is 9.96. The number of carbonyl (C=O) groups excluding carboxylic acids is 2. The van der Waals surface area contributed by atoms with Crippen molar-refractivity contribution in [3.8, 4) is 0 Å². The van der Waals surface area contributed by atoms with Crippen LogP contribution in [0.25, 0.3) is 10.9 Å². The number of nitrogens with one attached hydrogen (secondary N) is 2. The first kappa shape index (κ1) is 21.4. The molecule has 32 heavy (non-hydrogen) atoms. The largest absolute Gasteiger partial charge is 0.361 e. The van der Waals surface area contributed by atoms with Crippen LogP contribution in [0.4, 0.5) is 5.69 Å². The van der Waals surface area contributed by atoms with Gasteiger partial charge in [0, 0.05) is 42.7 Å². The molecule has 5 nitrogen and oxygen atoms in total. The molecular formula is C27H27N3O2. The van der Waals surface area contributed by atoms with Gasteiger partial charge in [-0.15, -0.1) is 0 Å². The maximum Gasteiger partial charge on any atom is 0.249 e. The van der Waals surface area contributed by atoms with Gasteiger partial charge in [-0.2, -0.15) is 0 Å². The first-order chi connectivity index (χ1) is 15.6. The van der Waals surface area contributed by atoms with Crippen molar-refractivity contribution in [2.75, 3.05) is 11.9 Å². The summed E-state index contributed by atoms with van der Waals surface area (Å²) < 4.78 is 0. The summed E-state index contributed by atoms with van der Waals surface area (Å²) in [5.74, 6) is -0.272. The van der Waals surface area contributed by atoms with Gasteiger partial charge in [0.2, 0.25) is 11.8 Å². The number of hydrogen-bond acceptors (Lipinski definition) is 2. The summed E-state index contributed by atoms with van der Waals surface area (Å²) in [6, 6.07) is 26.6. The highest BCUT2D eigenvalue weighted by Gasteiger charge is 2.25. The first-order valence-electron chi connectivity index (χ1n) is 10.8. The Kier molecular flexibility index (Phi) is 6.66. The number of aromatic amines is 1. The molecule has 162 valence electrons. The van der Waals surface area contributed by atoms with Gasteiger partial charge in [0.1, 0.15) is 6.04 Å². The van der Waals surface area contributed by atoms with Crippen LogP contribution >= 0.6 is 0 Å². The van der Waals surface area contributed by atoms with E-state index in [2.05, 4.69) is 16.4 Å². The first-order valence-corrected chi connectivity index (χ1v) is 10.8. The molecule has 4 aromatic rings. The van der Waals surface area contributed by atoms with E-state index in [1.54, 1.807) is 11.9 Å². The van der Waals surface area contributed by atoms with E-state index in [0.29, 0.717) is 19.3 Å². The predicted molar refractivity (Wildman–Crippen MR) is 129 cm³/mol. The number of aromatic nitrogens is 1. The Morgan fingerprint density at radius 3 is 2.31 bits per heavy atom. The normalized spacial score (nSPS) is 11.8. The molecule has 0 unspecified atom stereocenters. The monoisotopic (exact) mass is 425 g/mol. The van der Waals surface area contributed by atoms with Crippen molar-refractivity contribution >= 4 is 28.4 Å². The van der Waals surface area contributed by atoms with Gasteiger partial charge < -0.3 is 15.2 Å². The Morgan fingerprint density at radius 1 is 0.906 bits per heavy atom. The van der Waals surface area contributed by atoms with Crippen LogP contribution in [0.2, 0.25) is 0 Å². The quantitative estimate of drug-likeness (QED) is 0.437. The number of anilines is 1. The predicted octanol–water partition coefficient (Wildman–Crippen LogP) is 4.49.